The molecule has 0 radical (unpaired) electrons. The Hall–Kier alpha value is -1.08. The van der Waals surface area contributed by atoms with E-state index in [0.717, 1.165) is 4.47 Å². The maximum atomic E-state index is 10.7. The van der Waals surface area contributed by atoms with Crippen LogP contribution in [-0.2, 0) is 11.3 Å². The van der Waals surface area contributed by atoms with Gasteiger partial charge < -0.3 is 14.6 Å². The molecule has 0 aliphatic rings. The number of benzene rings is 1. The molecule has 0 bridgehead atoms. The zero-order valence-electron chi connectivity index (χ0n) is 11.7. The molecule has 1 aromatic heterocycles. The van der Waals surface area contributed by atoms with Crippen molar-refractivity contribution in [3.8, 4) is 5.75 Å². The van der Waals surface area contributed by atoms with Crippen LogP contribution in [0.2, 0.25) is 5.02 Å². The first-order chi connectivity index (χ1) is 10.1. The van der Waals surface area contributed by atoms with Gasteiger partial charge in [0.05, 0.1) is 37.2 Å². The predicted molar refractivity (Wildman–Crippen MR) is 83.9 cm³/mol. The van der Waals surface area contributed by atoms with Crippen LogP contribution >= 0.6 is 27.5 Å². The number of hydrogen-bond acceptors (Lipinski definition) is 4. The monoisotopic (exact) mass is 374 g/mol. The molecule has 114 valence electrons. The molecule has 1 heterocycles. The van der Waals surface area contributed by atoms with Gasteiger partial charge in [-0.1, -0.05) is 33.6 Å². The van der Waals surface area contributed by atoms with E-state index in [1.54, 1.807) is 31.0 Å². The molecule has 7 heteroatoms. The van der Waals surface area contributed by atoms with Gasteiger partial charge >= 0.3 is 0 Å². The maximum absolute atomic E-state index is 10.7. The molecule has 0 saturated carbocycles. The molecule has 0 spiro atoms. The quantitative estimate of drug-likeness (QED) is 0.843. The first-order valence-electron chi connectivity index (χ1n) is 6.30. The van der Waals surface area contributed by atoms with Gasteiger partial charge in [0.15, 0.2) is 0 Å². The largest absolute Gasteiger partial charge is 0.496 e. The number of aliphatic hydroxyl groups is 1. The Morgan fingerprint density at radius 1 is 1.43 bits per heavy atom. The first-order valence-corrected chi connectivity index (χ1v) is 7.47. The van der Waals surface area contributed by atoms with E-state index in [-0.39, 0.29) is 0 Å². The molecule has 1 N–H and O–H groups in total. The van der Waals surface area contributed by atoms with Gasteiger partial charge in [-0.2, -0.15) is 5.10 Å². The summed E-state index contributed by atoms with van der Waals surface area (Å²) in [6, 6.07) is 5.42. The van der Waals surface area contributed by atoms with E-state index in [1.807, 2.05) is 6.07 Å². The summed E-state index contributed by atoms with van der Waals surface area (Å²) < 4.78 is 12.9. The number of aliphatic hydroxyl groups excluding tert-OH is 1. The van der Waals surface area contributed by atoms with Gasteiger partial charge in [-0.25, -0.2) is 0 Å². The Labute approximate surface area is 136 Å². The Kier molecular flexibility index (Phi) is 5.64. The fraction of sp³-hybridized carbons (Fsp3) is 0.357. The first kappa shape index (κ1) is 16.3. The van der Waals surface area contributed by atoms with E-state index in [4.69, 9.17) is 21.1 Å². The van der Waals surface area contributed by atoms with Crippen LogP contribution in [0.15, 0.2) is 28.9 Å². The summed E-state index contributed by atoms with van der Waals surface area (Å²) in [5.74, 6) is 0.576. The number of halogens is 2. The van der Waals surface area contributed by atoms with Crippen molar-refractivity contribution in [2.45, 2.75) is 12.6 Å². The van der Waals surface area contributed by atoms with Gasteiger partial charge in [0.25, 0.3) is 0 Å². The lowest BCUT2D eigenvalue weighted by Crippen LogP contribution is -2.14. The van der Waals surface area contributed by atoms with Gasteiger partial charge in [0, 0.05) is 17.1 Å². The van der Waals surface area contributed by atoms with Crippen LogP contribution in [0.1, 0.15) is 17.4 Å². The summed E-state index contributed by atoms with van der Waals surface area (Å²) in [5.41, 5.74) is 1.15. The van der Waals surface area contributed by atoms with Crippen molar-refractivity contribution < 1.29 is 14.6 Å². The van der Waals surface area contributed by atoms with Crippen LogP contribution in [0.3, 0.4) is 0 Å². The molecule has 21 heavy (non-hydrogen) atoms. The highest BCUT2D eigenvalue weighted by molar-refractivity contribution is 9.10. The lowest BCUT2D eigenvalue weighted by molar-refractivity contribution is 0.170. The normalized spacial score (nSPS) is 12.4. The third-order valence-corrected chi connectivity index (χ3v) is 3.87. The summed E-state index contributed by atoms with van der Waals surface area (Å²) in [6.45, 7) is 0.990. The molecule has 0 fully saturated rings. The third kappa shape index (κ3) is 3.58. The summed E-state index contributed by atoms with van der Waals surface area (Å²) in [4.78, 5) is 0. The zero-order valence-corrected chi connectivity index (χ0v) is 14.1. The number of hydrogen-bond donors (Lipinski definition) is 1. The van der Waals surface area contributed by atoms with Crippen molar-refractivity contribution in [3.63, 3.8) is 0 Å². The lowest BCUT2D eigenvalue weighted by atomic mass is 10.1. The van der Waals surface area contributed by atoms with E-state index in [9.17, 15) is 5.11 Å². The Morgan fingerprint density at radius 2 is 2.19 bits per heavy atom. The molecule has 1 unspecified atom stereocenters. The highest BCUT2D eigenvalue weighted by Crippen LogP contribution is 2.35. The van der Waals surface area contributed by atoms with Crippen LogP contribution in [0.5, 0.6) is 5.75 Å². The molecular formula is C14H16BrClN2O3. The van der Waals surface area contributed by atoms with E-state index < -0.39 is 6.10 Å². The molecule has 0 aliphatic carbocycles. The van der Waals surface area contributed by atoms with E-state index in [2.05, 4.69) is 21.0 Å². The second-order valence-electron chi connectivity index (χ2n) is 4.38. The zero-order chi connectivity index (χ0) is 15.4. The Morgan fingerprint density at radius 3 is 2.86 bits per heavy atom. The van der Waals surface area contributed by atoms with Crippen LogP contribution in [0.25, 0.3) is 0 Å². The molecule has 2 aromatic rings. The summed E-state index contributed by atoms with van der Waals surface area (Å²) >= 11 is 9.54. The van der Waals surface area contributed by atoms with Crippen LogP contribution in [-0.4, -0.2) is 35.7 Å². The number of ether oxygens (including phenoxy) is 2. The van der Waals surface area contributed by atoms with Gasteiger partial charge in [0.1, 0.15) is 11.9 Å². The minimum Gasteiger partial charge on any atom is -0.496 e. The van der Waals surface area contributed by atoms with Crippen LogP contribution < -0.4 is 4.74 Å². The van der Waals surface area contributed by atoms with Gasteiger partial charge in [0.2, 0.25) is 0 Å². The van der Waals surface area contributed by atoms with Gasteiger partial charge in [-0.15, -0.1) is 0 Å². The second kappa shape index (κ2) is 7.26. The van der Waals surface area contributed by atoms with Crippen molar-refractivity contribution >= 4 is 27.5 Å². The van der Waals surface area contributed by atoms with Gasteiger partial charge in [-0.05, 0) is 12.1 Å². The van der Waals surface area contributed by atoms with E-state index in [0.29, 0.717) is 35.2 Å². The van der Waals surface area contributed by atoms with Crippen molar-refractivity contribution in [1.82, 2.24) is 9.78 Å². The molecule has 1 atom stereocenters. The maximum Gasteiger partial charge on any atom is 0.126 e. The SMILES string of the molecule is COCCn1ncc(Cl)c1C(O)c1ccc(Br)cc1OC. The average molecular weight is 376 g/mol. The fourth-order valence-corrected chi connectivity index (χ4v) is 2.64. The standard InChI is InChI=1S/C14H16BrClN2O3/c1-20-6-5-18-13(11(16)8-17-18)14(19)10-4-3-9(15)7-12(10)21-2/h3-4,7-8,14,19H,5-6H2,1-2H3. The molecule has 0 aliphatic heterocycles. The van der Waals surface area contributed by atoms with Crippen molar-refractivity contribution in [1.29, 1.82) is 0 Å². The lowest BCUT2D eigenvalue weighted by Gasteiger charge is -2.17. The van der Waals surface area contributed by atoms with Crippen LogP contribution in [0, 0.1) is 0 Å². The predicted octanol–water partition coefficient (Wildman–Crippen LogP) is 3.04. The third-order valence-electron chi connectivity index (χ3n) is 3.09. The number of methoxy groups -OCH3 is 2. The van der Waals surface area contributed by atoms with Crippen LogP contribution in [0.4, 0.5) is 0 Å². The molecular weight excluding hydrogens is 360 g/mol. The highest BCUT2D eigenvalue weighted by Gasteiger charge is 2.23. The van der Waals surface area contributed by atoms with Gasteiger partial charge in [-0.3, -0.25) is 4.68 Å². The minimum absolute atomic E-state index is 0.406. The van der Waals surface area contributed by atoms with Crippen molar-refractivity contribution in [3.05, 3.63) is 45.1 Å². The number of nitrogens with zero attached hydrogens (tertiary/aromatic N) is 2. The summed E-state index contributed by atoms with van der Waals surface area (Å²) in [5, 5.41) is 15.2. The van der Waals surface area contributed by atoms with E-state index in [1.165, 1.54) is 6.20 Å². The molecule has 0 amide bonds. The van der Waals surface area contributed by atoms with Crippen molar-refractivity contribution in [2.24, 2.45) is 0 Å². The number of rotatable bonds is 6. The highest BCUT2D eigenvalue weighted by atomic mass is 79.9. The Bertz CT molecular complexity index is 618. The minimum atomic E-state index is -0.931. The fourth-order valence-electron chi connectivity index (χ4n) is 2.06. The Balaban J connectivity index is 2.40. The molecule has 5 nitrogen and oxygen atoms in total. The molecule has 0 saturated heterocycles. The van der Waals surface area contributed by atoms with Crippen molar-refractivity contribution in [2.75, 3.05) is 20.8 Å². The summed E-state index contributed by atoms with van der Waals surface area (Å²) in [6.07, 6.45) is 0.584. The smallest absolute Gasteiger partial charge is 0.126 e. The van der Waals surface area contributed by atoms with E-state index >= 15 is 0 Å². The molecule has 1 aromatic carbocycles. The number of aromatic nitrogens is 2. The topological polar surface area (TPSA) is 56.5 Å². The molecule has 2 rings (SSSR count). The average Bonchev–Trinajstić information content (AvgIpc) is 2.85. The summed E-state index contributed by atoms with van der Waals surface area (Å²) in [7, 11) is 3.17. The second-order valence-corrected chi connectivity index (χ2v) is 5.71.